The van der Waals surface area contributed by atoms with Gasteiger partial charge in [0, 0.05) is 18.8 Å². The van der Waals surface area contributed by atoms with E-state index in [1.807, 2.05) is 0 Å². The maximum absolute atomic E-state index is 11.8. The summed E-state index contributed by atoms with van der Waals surface area (Å²) in [6.45, 7) is -0.0599. The van der Waals surface area contributed by atoms with Crippen LogP contribution in [0.15, 0.2) is 30.0 Å². The quantitative estimate of drug-likeness (QED) is 0.485. The van der Waals surface area contributed by atoms with E-state index in [0.717, 1.165) is 0 Å². The van der Waals surface area contributed by atoms with Crippen molar-refractivity contribution in [1.82, 2.24) is 5.32 Å². The van der Waals surface area contributed by atoms with Gasteiger partial charge in [-0.3, -0.25) is 9.59 Å². The molecule has 8 heteroatoms. The molecule has 0 saturated heterocycles. The van der Waals surface area contributed by atoms with Gasteiger partial charge in [0.2, 0.25) is 0 Å². The topological polar surface area (TPSA) is 121 Å². The van der Waals surface area contributed by atoms with Gasteiger partial charge in [0.25, 0.3) is 5.91 Å². The summed E-state index contributed by atoms with van der Waals surface area (Å²) in [5.74, 6) is -0.619. The van der Waals surface area contributed by atoms with Crippen LogP contribution in [0.1, 0.15) is 6.42 Å². The van der Waals surface area contributed by atoms with Gasteiger partial charge in [-0.15, -0.1) is 0 Å². The molecule has 1 aromatic carbocycles. The normalized spacial score (nSPS) is 10.4. The molecule has 1 aromatic rings. The van der Waals surface area contributed by atoms with Gasteiger partial charge in [-0.05, 0) is 12.1 Å². The molecule has 0 atom stereocenters. The predicted octanol–water partition coefficient (Wildman–Crippen LogP) is 1.11. The highest BCUT2D eigenvalue weighted by molar-refractivity contribution is 5.97. The van der Waals surface area contributed by atoms with Gasteiger partial charge >= 0.3 is 5.97 Å². The van der Waals surface area contributed by atoms with E-state index in [1.54, 1.807) is 24.3 Å². The van der Waals surface area contributed by atoms with Gasteiger partial charge < -0.3 is 25.2 Å². The van der Waals surface area contributed by atoms with Gasteiger partial charge in [0.05, 0.1) is 26.3 Å². The fourth-order valence-corrected chi connectivity index (χ4v) is 1.60. The zero-order valence-electron chi connectivity index (χ0n) is 12.8. The van der Waals surface area contributed by atoms with Gasteiger partial charge in [0.15, 0.2) is 0 Å². The van der Waals surface area contributed by atoms with Crippen molar-refractivity contribution in [3.63, 3.8) is 0 Å². The zero-order chi connectivity index (χ0) is 17.2. The standard InChI is InChI=1S/C15H17N3O5/c1-22-11-3-4-13(23-2)12(7-11)18-9-10(8-16)15(21)17-6-5-14(19)20/h3-4,7,9,18H,5-6H2,1-2H3,(H,17,21)(H,19,20)/b10-9-. The molecule has 0 heterocycles. The largest absolute Gasteiger partial charge is 0.497 e. The van der Waals surface area contributed by atoms with E-state index >= 15 is 0 Å². The van der Waals surface area contributed by atoms with E-state index in [4.69, 9.17) is 19.8 Å². The predicted molar refractivity (Wildman–Crippen MR) is 82.1 cm³/mol. The van der Waals surface area contributed by atoms with Crippen molar-refractivity contribution in [2.75, 3.05) is 26.1 Å². The number of methoxy groups -OCH3 is 2. The molecule has 0 aliphatic heterocycles. The van der Waals surface area contributed by atoms with Crippen LogP contribution in [-0.2, 0) is 9.59 Å². The second-order valence-corrected chi connectivity index (χ2v) is 4.28. The molecule has 0 fully saturated rings. The molecule has 122 valence electrons. The van der Waals surface area contributed by atoms with E-state index in [2.05, 4.69) is 10.6 Å². The average Bonchev–Trinajstić information content (AvgIpc) is 2.54. The lowest BCUT2D eigenvalue weighted by molar-refractivity contribution is -0.136. The lowest BCUT2D eigenvalue weighted by Crippen LogP contribution is -2.27. The second-order valence-electron chi connectivity index (χ2n) is 4.28. The van der Waals surface area contributed by atoms with E-state index in [-0.39, 0.29) is 18.5 Å². The molecule has 0 saturated carbocycles. The lowest BCUT2D eigenvalue weighted by Gasteiger charge is -2.10. The minimum Gasteiger partial charge on any atom is -0.497 e. The molecule has 1 rings (SSSR count). The molecule has 1 amide bonds. The number of ether oxygens (including phenoxy) is 2. The summed E-state index contributed by atoms with van der Waals surface area (Å²) in [4.78, 5) is 22.2. The fourth-order valence-electron chi connectivity index (χ4n) is 1.60. The fraction of sp³-hybridized carbons (Fsp3) is 0.267. The Morgan fingerprint density at radius 1 is 1.35 bits per heavy atom. The van der Waals surface area contributed by atoms with Gasteiger partial charge in [-0.1, -0.05) is 0 Å². The Morgan fingerprint density at radius 3 is 2.65 bits per heavy atom. The number of carbonyl (C=O) groups is 2. The smallest absolute Gasteiger partial charge is 0.305 e. The highest BCUT2D eigenvalue weighted by Gasteiger charge is 2.10. The van der Waals surface area contributed by atoms with Crippen LogP contribution in [0.4, 0.5) is 5.69 Å². The third kappa shape index (κ3) is 5.59. The Kier molecular flexibility index (Phi) is 6.94. The Bertz CT molecular complexity index is 649. The summed E-state index contributed by atoms with van der Waals surface area (Å²) in [5, 5.41) is 22.7. The highest BCUT2D eigenvalue weighted by Crippen LogP contribution is 2.28. The summed E-state index contributed by atoms with van der Waals surface area (Å²) in [7, 11) is 3.00. The minimum absolute atomic E-state index is 0.0599. The van der Waals surface area contributed by atoms with Crippen molar-refractivity contribution in [3.8, 4) is 17.6 Å². The first kappa shape index (κ1) is 17.8. The maximum atomic E-state index is 11.8. The first-order chi connectivity index (χ1) is 11.0. The van der Waals surface area contributed by atoms with Crippen molar-refractivity contribution in [2.24, 2.45) is 0 Å². The van der Waals surface area contributed by atoms with Crippen LogP contribution in [0.25, 0.3) is 0 Å². The Balaban J connectivity index is 2.82. The number of hydrogen-bond acceptors (Lipinski definition) is 6. The molecule has 0 spiro atoms. The summed E-state index contributed by atoms with van der Waals surface area (Å²) < 4.78 is 10.3. The van der Waals surface area contributed by atoms with Crippen molar-refractivity contribution >= 4 is 17.6 Å². The minimum atomic E-state index is -1.04. The van der Waals surface area contributed by atoms with Gasteiger partial charge in [-0.2, -0.15) is 5.26 Å². The van der Waals surface area contributed by atoms with Crippen LogP contribution < -0.4 is 20.1 Å². The molecule has 8 nitrogen and oxygen atoms in total. The number of nitrogens with zero attached hydrogens (tertiary/aromatic N) is 1. The number of nitrogens with one attached hydrogen (secondary N) is 2. The van der Waals surface area contributed by atoms with Crippen molar-refractivity contribution in [2.45, 2.75) is 6.42 Å². The molecule has 0 aromatic heterocycles. The summed E-state index contributed by atoms with van der Waals surface area (Å²) in [6.07, 6.45) is 0.995. The van der Waals surface area contributed by atoms with Crippen LogP contribution in [0.3, 0.4) is 0 Å². The third-order valence-corrected chi connectivity index (χ3v) is 2.77. The Labute approximate surface area is 133 Å². The Hall–Kier alpha value is -3.21. The maximum Gasteiger partial charge on any atom is 0.305 e. The third-order valence-electron chi connectivity index (χ3n) is 2.77. The number of carboxylic acid groups (broad SMARTS) is 1. The lowest BCUT2D eigenvalue weighted by atomic mass is 10.2. The number of anilines is 1. The zero-order valence-corrected chi connectivity index (χ0v) is 12.8. The molecule has 0 unspecified atom stereocenters. The number of hydrogen-bond donors (Lipinski definition) is 3. The first-order valence-corrected chi connectivity index (χ1v) is 6.60. The molecular formula is C15H17N3O5. The van der Waals surface area contributed by atoms with Crippen LogP contribution in [0.2, 0.25) is 0 Å². The number of aliphatic carboxylic acids is 1. The van der Waals surface area contributed by atoms with E-state index in [9.17, 15) is 9.59 Å². The number of rotatable bonds is 8. The van der Waals surface area contributed by atoms with Crippen molar-refractivity contribution in [3.05, 3.63) is 30.0 Å². The van der Waals surface area contributed by atoms with Crippen LogP contribution in [0, 0.1) is 11.3 Å². The van der Waals surface area contributed by atoms with Gasteiger partial charge in [-0.25, -0.2) is 0 Å². The number of benzene rings is 1. The van der Waals surface area contributed by atoms with E-state index in [0.29, 0.717) is 17.2 Å². The first-order valence-electron chi connectivity index (χ1n) is 6.60. The summed E-state index contributed by atoms with van der Waals surface area (Å²) in [5.41, 5.74) is 0.318. The molecular weight excluding hydrogens is 302 g/mol. The number of carbonyl (C=O) groups excluding carboxylic acids is 1. The number of amides is 1. The highest BCUT2D eigenvalue weighted by atomic mass is 16.5. The molecule has 3 N–H and O–H groups in total. The second kappa shape index (κ2) is 8.94. The van der Waals surface area contributed by atoms with Crippen LogP contribution >= 0.6 is 0 Å². The molecule has 23 heavy (non-hydrogen) atoms. The summed E-state index contributed by atoms with van der Waals surface area (Å²) in [6, 6.07) is 6.77. The van der Waals surface area contributed by atoms with Gasteiger partial charge in [0.1, 0.15) is 23.1 Å². The Morgan fingerprint density at radius 2 is 2.09 bits per heavy atom. The van der Waals surface area contributed by atoms with Crippen molar-refractivity contribution < 1.29 is 24.2 Å². The number of carboxylic acids is 1. The molecule has 0 aliphatic rings. The SMILES string of the molecule is COc1ccc(OC)c(N/C=C(/C#N)C(=O)NCCC(=O)O)c1. The molecule has 0 bridgehead atoms. The van der Waals surface area contributed by atoms with Crippen LogP contribution in [-0.4, -0.2) is 37.7 Å². The number of nitriles is 1. The molecule has 0 radical (unpaired) electrons. The van der Waals surface area contributed by atoms with Crippen molar-refractivity contribution in [1.29, 1.82) is 5.26 Å². The van der Waals surface area contributed by atoms with Crippen LogP contribution in [0.5, 0.6) is 11.5 Å². The van der Waals surface area contributed by atoms with E-state index < -0.39 is 11.9 Å². The average molecular weight is 319 g/mol. The molecule has 0 aliphatic carbocycles. The monoisotopic (exact) mass is 319 g/mol. The van der Waals surface area contributed by atoms with E-state index in [1.165, 1.54) is 20.4 Å². The summed E-state index contributed by atoms with van der Waals surface area (Å²) >= 11 is 0.